The molecule has 1 aromatic rings. The maximum atomic E-state index is 11.4. The van der Waals surface area contributed by atoms with Gasteiger partial charge in [-0.25, -0.2) is 0 Å². The number of hydrogen-bond donors (Lipinski definition) is 1. The van der Waals surface area contributed by atoms with E-state index in [0.717, 1.165) is 43.0 Å². The molecular formula is C18H21NO5. The van der Waals surface area contributed by atoms with E-state index in [4.69, 9.17) is 14.2 Å². The minimum absolute atomic E-state index is 0.247. The van der Waals surface area contributed by atoms with Crippen LogP contribution in [0.25, 0.3) is 0 Å². The van der Waals surface area contributed by atoms with Gasteiger partial charge in [-0.1, -0.05) is 0 Å². The van der Waals surface area contributed by atoms with Gasteiger partial charge in [0.15, 0.2) is 11.5 Å². The Morgan fingerprint density at radius 2 is 2.12 bits per heavy atom. The van der Waals surface area contributed by atoms with Gasteiger partial charge >= 0.3 is 5.97 Å². The summed E-state index contributed by atoms with van der Waals surface area (Å²) in [6.45, 7) is 3.49. The summed E-state index contributed by atoms with van der Waals surface area (Å²) < 4.78 is 16.5. The lowest BCUT2D eigenvalue weighted by molar-refractivity contribution is -0.162. The molecule has 1 aromatic carbocycles. The van der Waals surface area contributed by atoms with Crippen LogP contribution in [0.15, 0.2) is 12.1 Å². The largest absolute Gasteiger partial charge is 0.460 e. The molecule has 0 aromatic heterocycles. The van der Waals surface area contributed by atoms with Crippen molar-refractivity contribution in [3.63, 3.8) is 0 Å². The van der Waals surface area contributed by atoms with Crippen LogP contribution in [0, 0.1) is 0 Å². The Morgan fingerprint density at radius 3 is 2.92 bits per heavy atom. The zero-order valence-electron chi connectivity index (χ0n) is 13.7. The number of benzene rings is 1. The molecule has 0 amide bonds. The van der Waals surface area contributed by atoms with Crippen LogP contribution in [-0.2, 0) is 21.5 Å². The van der Waals surface area contributed by atoms with Crippen molar-refractivity contribution < 1.29 is 24.1 Å². The van der Waals surface area contributed by atoms with Crippen molar-refractivity contribution in [2.24, 2.45) is 0 Å². The van der Waals surface area contributed by atoms with Gasteiger partial charge in [0.1, 0.15) is 12.2 Å². The molecule has 2 fully saturated rings. The van der Waals surface area contributed by atoms with E-state index in [0.29, 0.717) is 12.5 Å². The number of nitrogens with zero attached hydrogens (tertiary/aromatic N) is 1. The molecule has 4 aliphatic rings. The van der Waals surface area contributed by atoms with Gasteiger partial charge in [0.25, 0.3) is 0 Å². The topological polar surface area (TPSA) is 68.2 Å². The van der Waals surface area contributed by atoms with Crippen molar-refractivity contribution in [3.8, 4) is 11.5 Å². The van der Waals surface area contributed by atoms with Gasteiger partial charge in [-0.15, -0.1) is 0 Å². The molecule has 1 N–H and O–H groups in total. The Morgan fingerprint density at radius 1 is 1.33 bits per heavy atom. The monoisotopic (exact) mass is 331 g/mol. The highest BCUT2D eigenvalue weighted by Gasteiger charge is 2.61. The molecule has 1 unspecified atom stereocenters. The van der Waals surface area contributed by atoms with Crippen LogP contribution < -0.4 is 9.47 Å². The average molecular weight is 331 g/mol. The minimum Gasteiger partial charge on any atom is -0.460 e. The molecule has 3 aliphatic heterocycles. The molecule has 0 radical (unpaired) electrons. The Labute approximate surface area is 140 Å². The zero-order chi connectivity index (χ0) is 16.5. The summed E-state index contributed by atoms with van der Waals surface area (Å²) in [6, 6.07) is 4.40. The predicted octanol–water partition coefficient (Wildman–Crippen LogP) is 1.33. The third-order valence-electron chi connectivity index (χ3n) is 6.24. The molecule has 3 heterocycles. The van der Waals surface area contributed by atoms with Crippen molar-refractivity contribution in [3.05, 3.63) is 23.3 Å². The summed E-state index contributed by atoms with van der Waals surface area (Å²) in [7, 11) is 0. The van der Waals surface area contributed by atoms with E-state index in [9.17, 15) is 9.90 Å². The fraction of sp³-hybridized carbons (Fsp3) is 0.611. The highest BCUT2D eigenvalue weighted by atomic mass is 16.7. The number of aliphatic hydroxyl groups excluding tert-OH is 1. The predicted molar refractivity (Wildman–Crippen MR) is 83.9 cm³/mol. The number of carbonyl (C=O) groups is 1. The maximum Gasteiger partial charge on any atom is 0.302 e. The molecule has 5 atom stereocenters. The fourth-order valence-electron chi connectivity index (χ4n) is 5.34. The van der Waals surface area contributed by atoms with Crippen molar-refractivity contribution >= 4 is 5.97 Å². The summed E-state index contributed by atoms with van der Waals surface area (Å²) >= 11 is 0. The van der Waals surface area contributed by atoms with Crippen molar-refractivity contribution in [1.82, 2.24) is 4.90 Å². The molecule has 1 saturated carbocycles. The maximum absolute atomic E-state index is 11.4. The lowest BCUT2D eigenvalue weighted by Gasteiger charge is -2.51. The standard InChI is InChI=1S/C18H21NO5/c1-10(20)24-13-2-3-16-18(17(13)21)4-5-19(16)8-11-6-14-15(7-12(11)18)23-9-22-14/h6-7,13,16-17,21H,2-5,8-9H2,1H3/t13-,16+,17-,18-/m0/s1. The molecule has 6 nitrogen and oxygen atoms in total. The van der Waals surface area contributed by atoms with Gasteiger partial charge in [0.05, 0.1) is 0 Å². The molecule has 2 bridgehead atoms. The van der Waals surface area contributed by atoms with E-state index in [1.54, 1.807) is 0 Å². The van der Waals surface area contributed by atoms with Crippen molar-refractivity contribution in [2.75, 3.05) is 13.3 Å². The molecule has 128 valence electrons. The summed E-state index contributed by atoms with van der Waals surface area (Å²) in [5.74, 6) is 1.21. The third kappa shape index (κ3) is 1.75. The average Bonchev–Trinajstić information content (AvgIpc) is 3.11. The van der Waals surface area contributed by atoms with Gasteiger partial charge in [0.2, 0.25) is 6.79 Å². The second kappa shape index (κ2) is 4.86. The number of ether oxygens (including phenoxy) is 3. The Hall–Kier alpha value is -1.79. The van der Waals surface area contributed by atoms with Gasteiger partial charge in [-0.2, -0.15) is 0 Å². The number of hydrogen-bond acceptors (Lipinski definition) is 6. The van der Waals surface area contributed by atoms with E-state index in [2.05, 4.69) is 11.0 Å². The Kier molecular flexibility index (Phi) is 2.95. The lowest BCUT2D eigenvalue weighted by Crippen LogP contribution is -2.60. The Balaban J connectivity index is 1.63. The molecule has 5 rings (SSSR count). The molecule has 1 saturated heterocycles. The number of esters is 1. The van der Waals surface area contributed by atoms with E-state index in [1.807, 2.05) is 6.07 Å². The van der Waals surface area contributed by atoms with Crippen LogP contribution in [0.4, 0.5) is 0 Å². The molecule has 0 spiro atoms. The molecule has 1 aliphatic carbocycles. The first kappa shape index (κ1) is 14.5. The van der Waals surface area contributed by atoms with Gasteiger partial charge in [-0.05, 0) is 49.1 Å². The third-order valence-corrected chi connectivity index (χ3v) is 6.24. The zero-order valence-corrected chi connectivity index (χ0v) is 13.7. The first-order chi connectivity index (χ1) is 11.6. The van der Waals surface area contributed by atoms with Gasteiger partial charge < -0.3 is 19.3 Å². The SMILES string of the molecule is CC(=O)O[C@H]1CC[C@H]2N3CC[C@@]2(c2cc4c(cc2C3)OCO4)[C@H]1O. The number of aliphatic hydroxyl groups is 1. The summed E-state index contributed by atoms with van der Waals surface area (Å²) in [5, 5.41) is 11.2. The number of carbonyl (C=O) groups excluding carboxylic acids is 1. The van der Waals surface area contributed by atoms with Crippen LogP contribution in [0.2, 0.25) is 0 Å². The van der Waals surface area contributed by atoms with E-state index in [-0.39, 0.29) is 18.2 Å². The Bertz CT molecular complexity index is 720. The molecule has 24 heavy (non-hydrogen) atoms. The van der Waals surface area contributed by atoms with E-state index < -0.39 is 12.2 Å². The number of fused-ring (bicyclic) bond motifs is 2. The highest BCUT2D eigenvalue weighted by Crippen LogP contribution is 2.55. The lowest BCUT2D eigenvalue weighted by atomic mass is 9.61. The normalized spacial score (nSPS) is 38.4. The quantitative estimate of drug-likeness (QED) is 0.783. The van der Waals surface area contributed by atoms with Crippen molar-refractivity contribution in [1.29, 1.82) is 0 Å². The van der Waals surface area contributed by atoms with Gasteiger partial charge in [0, 0.05) is 24.9 Å². The minimum atomic E-state index is -0.690. The second-order valence-electron chi connectivity index (χ2n) is 7.31. The summed E-state index contributed by atoms with van der Waals surface area (Å²) in [4.78, 5) is 13.9. The number of rotatable bonds is 1. The first-order valence-electron chi connectivity index (χ1n) is 8.62. The molecule has 6 heteroatoms. The van der Waals surface area contributed by atoms with Crippen LogP contribution in [0.5, 0.6) is 11.5 Å². The van der Waals surface area contributed by atoms with E-state index >= 15 is 0 Å². The molecular weight excluding hydrogens is 310 g/mol. The summed E-state index contributed by atoms with van der Waals surface area (Å²) in [6.07, 6.45) is 1.40. The fourth-order valence-corrected chi connectivity index (χ4v) is 5.34. The highest BCUT2D eigenvalue weighted by molar-refractivity contribution is 5.66. The first-order valence-corrected chi connectivity index (χ1v) is 8.62. The smallest absolute Gasteiger partial charge is 0.302 e. The summed E-state index contributed by atoms with van der Waals surface area (Å²) in [5.41, 5.74) is 1.96. The van der Waals surface area contributed by atoms with Crippen molar-refractivity contribution in [2.45, 2.75) is 56.4 Å². The van der Waals surface area contributed by atoms with E-state index in [1.165, 1.54) is 12.5 Å². The van der Waals surface area contributed by atoms with Crippen LogP contribution in [-0.4, -0.2) is 47.6 Å². The van der Waals surface area contributed by atoms with Crippen LogP contribution in [0.3, 0.4) is 0 Å². The van der Waals surface area contributed by atoms with Crippen LogP contribution in [0.1, 0.15) is 37.3 Å². The van der Waals surface area contributed by atoms with Crippen LogP contribution >= 0.6 is 0 Å². The second-order valence-corrected chi connectivity index (χ2v) is 7.31. The van der Waals surface area contributed by atoms with Gasteiger partial charge in [-0.3, -0.25) is 9.69 Å².